The van der Waals surface area contributed by atoms with Crippen molar-refractivity contribution >= 4 is 21.4 Å². The van der Waals surface area contributed by atoms with Gasteiger partial charge in [0.25, 0.3) is 0 Å². The molecule has 0 heterocycles. The molecule has 1 aliphatic carbocycles. The molecule has 0 atom stereocenters. The Bertz CT molecular complexity index is 654. The van der Waals surface area contributed by atoms with Crippen molar-refractivity contribution in [3.05, 3.63) is 17.7 Å². The SMILES string of the molecule is Cc1c(N(CC(F)(F)F)C2CC2)cc(N)cc1S(N)(=O)=O. The van der Waals surface area contributed by atoms with Crippen LogP contribution in [-0.2, 0) is 10.0 Å². The molecule has 21 heavy (non-hydrogen) atoms. The molecule has 1 aromatic rings. The fourth-order valence-electron chi connectivity index (χ4n) is 2.28. The standard InChI is InChI=1S/C12H16F3N3O2S/c1-7-10(4-8(16)5-11(7)21(17,19)20)18(9-2-3-9)6-12(13,14)15/h4-5,9H,2-3,6,16H2,1H3,(H2,17,19,20). The van der Waals surface area contributed by atoms with Crippen molar-refractivity contribution in [1.82, 2.24) is 0 Å². The molecule has 0 aromatic heterocycles. The molecule has 1 saturated carbocycles. The Balaban J connectivity index is 2.53. The number of alkyl halides is 3. The van der Waals surface area contributed by atoms with Crippen LogP contribution in [0.25, 0.3) is 0 Å². The lowest BCUT2D eigenvalue weighted by molar-refractivity contribution is -0.120. The van der Waals surface area contributed by atoms with E-state index in [1.807, 2.05) is 0 Å². The maximum Gasteiger partial charge on any atom is 0.405 e. The summed E-state index contributed by atoms with van der Waals surface area (Å²) < 4.78 is 61.3. The van der Waals surface area contributed by atoms with E-state index in [0.29, 0.717) is 12.8 Å². The zero-order valence-electron chi connectivity index (χ0n) is 11.3. The van der Waals surface area contributed by atoms with Crippen LogP contribution < -0.4 is 15.8 Å². The zero-order valence-corrected chi connectivity index (χ0v) is 12.1. The zero-order chi connectivity index (χ0) is 16.0. The highest BCUT2D eigenvalue weighted by molar-refractivity contribution is 7.89. The fraction of sp³-hybridized carbons (Fsp3) is 0.500. The molecule has 0 spiro atoms. The summed E-state index contributed by atoms with van der Waals surface area (Å²) in [6.07, 6.45) is -3.12. The van der Waals surface area contributed by atoms with Crippen LogP contribution >= 0.6 is 0 Å². The summed E-state index contributed by atoms with van der Waals surface area (Å²) in [6.45, 7) is 0.284. The lowest BCUT2D eigenvalue weighted by atomic mass is 10.1. The lowest BCUT2D eigenvalue weighted by Gasteiger charge is -2.28. The van der Waals surface area contributed by atoms with Gasteiger partial charge in [0.15, 0.2) is 0 Å². The van der Waals surface area contributed by atoms with Crippen LogP contribution in [0, 0.1) is 6.92 Å². The summed E-state index contributed by atoms with van der Waals surface area (Å²) in [5.41, 5.74) is 6.03. The number of primary sulfonamides is 1. The third-order valence-electron chi connectivity index (χ3n) is 3.31. The molecule has 0 amide bonds. The number of hydrogen-bond donors (Lipinski definition) is 2. The van der Waals surface area contributed by atoms with Gasteiger partial charge in [-0.25, -0.2) is 13.6 Å². The van der Waals surface area contributed by atoms with Crippen molar-refractivity contribution in [3.63, 3.8) is 0 Å². The van der Waals surface area contributed by atoms with Crippen molar-refractivity contribution in [2.24, 2.45) is 5.14 Å². The average molecular weight is 323 g/mol. The smallest absolute Gasteiger partial charge is 0.399 e. The van der Waals surface area contributed by atoms with E-state index in [-0.39, 0.29) is 27.9 Å². The third-order valence-corrected chi connectivity index (χ3v) is 4.35. The van der Waals surface area contributed by atoms with E-state index in [0.717, 1.165) is 11.0 Å². The number of hydrogen-bond acceptors (Lipinski definition) is 4. The van der Waals surface area contributed by atoms with E-state index < -0.39 is 22.7 Å². The van der Waals surface area contributed by atoms with Crippen LogP contribution in [-0.4, -0.2) is 27.2 Å². The highest BCUT2D eigenvalue weighted by Gasteiger charge is 2.39. The lowest BCUT2D eigenvalue weighted by Crippen LogP contribution is -2.36. The number of nitrogen functional groups attached to an aromatic ring is 1. The number of sulfonamides is 1. The molecule has 2 rings (SSSR count). The van der Waals surface area contributed by atoms with Gasteiger partial charge in [-0.2, -0.15) is 13.2 Å². The first-order valence-electron chi connectivity index (χ1n) is 6.25. The van der Waals surface area contributed by atoms with Crippen LogP contribution in [0.15, 0.2) is 17.0 Å². The fourth-order valence-corrected chi connectivity index (χ4v) is 3.11. The largest absolute Gasteiger partial charge is 0.405 e. The minimum absolute atomic E-state index is 0.0625. The van der Waals surface area contributed by atoms with E-state index in [1.54, 1.807) is 0 Å². The second-order valence-electron chi connectivity index (χ2n) is 5.18. The van der Waals surface area contributed by atoms with Crippen LogP contribution in [0.3, 0.4) is 0 Å². The Morgan fingerprint density at radius 1 is 1.33 bits per heavy atom. The van der Waals surface area contributed by atoms with E-state index in [9.17, 15) is 21.6 Å². The summed E-state index contributed by atoms with van der Waals surface area (Å²) in [4.78, 5) is 0.908. The predicted octanol–water partition coefficient (Wildman–Crippen LogP) is 1.76. The second kappa shape index (κ2) is 5.06. The molecule has 1 aromatic carbocycles. The molecule has 5 nitrogen and oxygen atoms in total. The molecule has 1 aliphatic rings. The van der Waals surface area contributed by atoms with Crippen molar-refractivity contribution in [3.8, 4) is 0 Å². The molecule has 0 bridgehead atoms. The second-order valence-corrected chi connectivity index (χ2v) is 6.71. The number of halogens is 3. The summed E-state index contributed by atoms with van der Waals surface area (Å²) in [7, 11) is -4.05. The monoisotopic (exact) mass is 323 g/mol. The van der Waals surface area contributed by atoms with Crippen molar-refractivity contribution < 1.29 is 21.6 Å². The van der Waals surface area contributed by atoms with Crippen molar-refractivity contribution in [2.45, 2.75) is 36.9 Å². The molecule has 0 unspecified atom stereocenters. The highest BCUT2D eigenvalue weighted by atomic mass is 32.2. The molecular formula is C12H16F3N3O2S. The third kappa shape index (κ3) is 3.79. The van der Waals surface area contributed by atoms with Gasteiger partial charge in [-0.15, -0.1) is 0 Å². The normalized spacial score (nSPS) is 16.0. The number of rotatable bonds is 4. The molecule has 0 saturated heterocycles. The van der Waals surface area contributed by atoms with Gasteiger partial charge in [0.2, 0.25) is 10.0 Å². The number of benzene rings is 1. The van der Waals surface area contributed by atoms with Gasteiger partial charge in [0.1, 0.15) is 6.54 Å². The van der Waals surface area contributed by atoms with Gasteiger partial charge >= 0.3 is 6.18 Å². The summed E-state index contributed by atoms with van der Waals surface area (Å²) >= 11 is 0. The van der Waals surface area contributed by atoms with Crippen LogP contribution in [0.4, 0.5) is 24.5 Å². The number of nitrogens with two attached hydrogens (primary N) is 2. The maximum absolute atomic E-state index is 12.7. The van der Waals surface area contributed by atoms with E-state index in [2.05, 4.69) is 0 Å². The maximum atomic E-state index is 12.7. The van der Waals surface area contributed by atoms with E-state index >= 15 is 0 Å². The minimum atomic E-state index is -4.39. The minimum Gasteiger partial charge on any atom is -0.399 e. The summed E-state index contributed by atoms with van der Waals surface area (Å²) in [6, 6.07) is 2.27. The first kappa shape index (κ1) is 15.9. The topological polar surface area (TPSA) is 89.4 Å². The van der Waals surface area contributed by atoms with Gasteiger partial charge in [-0.05, 0) is 37.5 Å². The van der Waals surface area contributed by atoms with Gasteiger partial charge in [-0.1, -0.05) is 0 Å². The molecule has 118 valence electrons. The molecule has 4 N–H and O–H groups in total. The first-order valence-corrected chi connectivity index (χ1v) is 7.80. The Hall–Kier alpha value is -1.48. The molecule has 0 radical (unpaired) electrons. The average Bonchev–Trinajstić information content (AvgIpc) is 3.10. The molecular weight excluding hydrogens is 307 g/mol. The first-order chi connectivity index (χ1) is 9.49. The summed E-state index contributed by atoms with van der Waals surface area (Å²) in [5, 5.41) is 5.09. The van der Waals surface area contributed by atoms with Crippen LogP contribution in [0.2, 0.25) is 0 Å². The Morgan fingerprint density at radius 3 is 2.33 bits per heavy atom. The number of anilines is 2. The highest BCUT2D eigenvalue weighted by Crippen LogP contribution is 2.38. The predicted molar refractivity (Wildman–Crippen MR) is 73.4 cm³/mol. The Kier molecular flexibility index (Phi) is 3.83. The molecule has 1 fully saturated rings. The molecule has 0 aliphatic heterocycles. The quantitative estimate of drug-likeness (QED) is 0.826. The van der Waals surface area contributed by atoms with Crippen molar-refractivity contribution in [1.29, 1.82) is 0 Å². The Morgan fingerprint density at radius 2 is 1.90 bits per heavy atom. The Labute approximate surface area is 120 Å². The number of nitrogens with zero attached hydrogens (tertiary/aromatic N) is 1. The van der Waals surface area contributed by atoms with Gasteiger partial charge < -0.3 is 10.6 Å². The summed E-state index contributed by atoms with van der Waals surface area (Å²) in [5.74, 6) is 0. The van der Waals surface area contributed by atoms with E-state index in [1.165, 1.54) is 13.0 Å². The van der Waals surface area contributed by atoms with Crippen LogP contribution in [0.5, 0.6) is 0 Å². The van der Waals surface area contributed by atoms with Gasteiger partial charge in [0.05, 0.1) is 4.90 Å². The molecule has 9 heteroatoms. The van der Waals surface area contributed by atoms with Crippen LogP contribution in [0.1, 0.15) is 18.4 Å². The van der Waals surface area contributed by atoms with E-state index in [4.69, 9.17) is 10.9 Å². The van der Waals surface area contributed by atoms with Gasteiger partial charge in [-0.3, -0.25) is 0 Å². The van der Waals surface area contributed by atoms with Gasteiger partial charge in [0, 0.05) is 17.4 Å². The van der Waals surface area contributed by atoms with Crippen molar-refractivity contribution in [2.75, 3.05) is 17.2 Å².